The molecule has 0 aliphatic carbocycles. The molecule has 0 unspecified atom stereocenters. The third-order valence-corrected chi connectivity index (χ3v) is 4.13. The van der Waals surface area contributed by atoms with Gasteiger partial charge in [0.25, 0.3) is 5.91 Å². The molecule has 3 rings (SSSR count). The second kappa shape index (κ2) is 6.89. The molecule has 0 radical (unpaired) electrons. The van der Waals surface area contributed by atoms with Gasteiger partial charge in [0.05, 0.1) is 5.69 Å². The molecule has 0 aliphatic rings. The number of hydrogen-bond acceptors (Lipinski definition) is 3. The van der Waals surface area contributed by atoms with E-state index < -0.39 is 0 Å². The minimum absolute atomic E-state index is 0.0659. The number of aromatic nitrogens is 3. The van der Waals surface area contributed by atoms with Gasteiger partial charge in [-0.15, -0.1) is 0 Å². The highest BCUT2D eigenvalue weighted by Crippen LogP contribution is 2.12. The Balaban J connectivity index is 1.69. The number of benzene rings is 1. The number of nitrogens with zero attached hydrogens (tertiary/aromatic N) is 3. The van der Waals surface area contributed by atoms with Crippen LogP contribution in [0.25, 0.3) is 5.82 Å². The van der Waals surface area contributed by atoms with Crippen molar-refractivity contribution >= 4 is 5.91 Å². The molecular formula is C20H22N4O. The minimum atomic E-state index is -0.0659. The lowest BCUT2D eigenvalue weighted by molar-refractivity contribution is 0.0950. The Bertz CT molecular complexity index is 910. The maximum absolute atomic E-state index is 12.4. The first-order valence-electron chi connectivity index (χ1n) is 8.28. The van der Waals surface area contributed by atoms with Crippen molar-refractivity contribution in [2.75, 3.05) is 0 Å². The molecule has 1 amide bonds. The Morgan fingerprint density at radius 3 is 2.52 bits per heavy atom. The quantitative estimate of drug-likeness (QED) is 0.795. The molecule has 0 bridgehead atoms. The highest BCUT2D eigenvalue weighted by atomic mass is 16.1. The Kier molecular flexibility index (Phi) is 4.65. The molecule has 0 fully saturated rings. The standard InChI is InChI=1S/C20H22N4O/c1-13-5-6-14(2)18(9-13)20(25)22-12-17-7-8-19(21-11-17)24-16(4)10-15(3)23-24/h5-11H,12H2,1-4H3,(H,22,25). The zero-order valence-corrected chi connectivity index (χ0v) is 15.0. The SMILES string of the molecule is Cc1ccc(C)c(C(=O)NCc2ccc(-n3nc(C)cc3C)nc2)c1. The van der Waals surface area contributed by atoms with Crippen LogP contribution in [-0.2, 0) is 6.54 Å². The van der Waals surface area contributed by atoms with Crippen LogP contribution in [0.4, 0.5) is 0 Å². The van der Waals surface area contributed by atoms with Gasteiger partial charge >= 0.3 is 0 Å². The van der Waals surface area contributed by atoms with Gasteiger partial charge in [-0.3, -0.25) is 4.79 Å². The number of carbonyl (C=O) groups excluding carboxylic acids is 1. The third kappa shape index (κ3) is 3.76. The van der Waals surface area contributed by atoms with Gasteiger partial charge in [-0.2, -0.15) is 5.10 Å². The van der Waals surface area contributed by atoms with Crippen molar-refractivity contribution in [3.63, 3.8) is 0 Å². The molecule has 0 spiro atoms. The molecule has 1 N–H and O–H groups in total. The Labute approximate surface area is 147 Å². The molecule has 5 heteroatoms. The van der Waals surface area contributed by atoms with Crippen LogP contribution in [0.1, 0.15) is 38.4 Å². The van der Waals surface area contributed by atoms with Gasteiger partial charge in [0, 0.05) is 24.0 Å². The molecule has 0 aliphatic heterocycles. The van der Waals surface area contributed by atoms with E-state index in [0.717, 1.165) is 33.9 Å². The van der Waals surface area contributed by atoms with Gasteiger partial charge in [0.1, 0.15) is 0 Å². The molecule has 2 aromatic heterocycles. The predicted molar refractivity (Wildman–Crippen MR) is 97.9 cm³/mol. The average molecular weight is 334 g/mol. The van der Waals surface area contributed by atoms with E-state index in [1.54, 1.807) is 6.20 Å². The number of rotatable bonds is 4. The topological polar surface area (TPSA) is 59.8 Å². The Hall–Kier alpha value is -2.95. The summed E-state index contributed by atoms with van der Waals surface area (Å²) in [5, 5.41) is 7.38. The summed E-state index contributed by atoms with van der Waals surface area (Å²) in [5.74, 6) is 0.707. The Morgan fingerprint density at radius 1 is 1.08 bits per heavy atom. The summed E-state index contributed by atoms with van der Waals surface area (Å²) in [5.41, 5.74) is 5.72. The van der Waals surface area contributed by atoms with E-state index in [1.807, 2.05) is 68.8 Å². The van der Waals surface area contributed by atoms with Gasteiger partial charge in [0.15, 0.2) is 5.82 Å². The summed E-state index contributed by atoms with van der Waals surface area (Å²) in [7, 11) is 0. The second-order valence-electron chi connectivity index (χ2n) is 6.36. The van der Waals surface area contributed by atoms with Crippen molar-refractivity contribution in [3.8, 4) is 5.82 Å². The van der Waals surface area contributed by atoms with Crippen LogP contribution in [0.15, 0.2) is 42.6 Å². The summed E-state index contributed by atoms with van der Waals surface area (Å²) in [6.07, 6.45) is 1.77. The first-order valence-corrected chi connectivity index (χ1v) is 8.28. The van der Waals surface area contributed by atoms with E-state index in [4.69, 9.17) is 0 Å². The van der Waals surface area contributed by atoms with E-state index in [-0.39, 0.29) is 5.91 Å². The first kappa shape index (κ1) is 16.9. The van der Waals surface area contributed by atoms with E-state index in [1.165, 1.54) is 0 Å². The number of amides is 1. The second-order valence-corrected chi connectivity index (χ2v) is 6.36. The molecule has 0 saturated carbocycles. The van der Waals surface area contributed by atoms with Crippen LogP contribution in [0, 0.1) is 27.7 Å². The summed E-state index contributed by atoms with van der Waals surface area (Å²) >= 11 is 0. The normalized spacial score (nSPS) is 10.7. The highest BCUT2D eigenvalue weighted by Gasteiger charge is 2.09. The molecule has 2 heterocycles. The van der Waals surface area contributed by atoms with E-state index >= 15 is 0 Å². The van der Waals surface area contributed by atoms with Crippen LogP contribution >= 0.6 is 0 Å². The fraction of sp³-hybridized carbons (Fsp3) is 0.250. The van der Waals surface area contributed by atoms with Crippen molar-refractivity contribution in [3.05, 3.63) is 76.2 Å². The third-order valence-electron chi connectivity index (χ3n) is 4.13. The summed E-state index contributed by atoms with van der Waals surface area (Å²) in [6, 6.07) is 11.8. The zero-order valence-electron chi connectivity index (χ0n) is 15.0. The van der Waals surface area contributed by atoms with Crippen LogP contribution in [0.5, 0.6) is 0 Å². The molecule has 25 heavy (non-hydrogen) atoms. The molecule has 0 atom stereocenters. The lowest BCUT2D eigenvalue weighted by atomic mass is 10.1. The fourth-order valence-corrected chi connectivity index (χ4v) is 2.77. The first-order chi connectivity index (χ1) is 11.9. The van der Waals surface area contributed by atoms with Gasteiger partial charge in [0.2, 0.25) is 0 Å². The lowest BCUT2D eigenvalue weighted by Gasteiger charge is -2.09. The minimum Gasteiger partial charge on any atom is -0.348 e. The summed E-state index contributed by atoms with van der Waals surface area (Å²) < 4.78 is 1.81. The highest BCUT2D eigenvalue weighted by molar-refractivity contribution is 5.95. The van der Waals surface area contributed by atoms with Gasteiger partial charge in [-0.25, -0.2) is 9.67 Å². The fourth-order valence-electron chi connectivity index (χ4n) is 2.77. The smallest absolute Gasteiger partial charge is 0.251 e. The van der Waals surface area contributed by atoms with Gasteiger partial charge < -0.3 is 5.32 Å². The van der Waals surface area contributed by atoms with Crippen LogP contribution < -0.4 is 5.32 Å². The van der Waals surface area contributed by atoms with Crippen LogP contribution in [-0.4, -0.2) is 20.7 Å². The van der Waals surface area contributed by atoms with Crippen molar-refractivity contribution in [1.29, 1.82) is 0 Å². The van der Waals surface area contributed by atoms with Gasteiger partial charge in [-0.05, 0) is 57.0 Å². The van der Waals surface area contributed by atoms with Crippen molar-refractivity contribution < 1.29 is 4.79 Å². The zero-order chi connectivity index (χ0) is 18.0. The van der Waals surface area contributed by atoms with Crippen LogP contribution in [0.2, 0.25) is 0 Å². The van der Waals surface area contributed by atoms with Crippen molar-refractivity contribution in [1.82, 2.24) is 20.1 Å². The van der Waals surface area contributed by atoms with Gasteiger partial charge in [-0.1, -0.05) is 23.8 Å². The summed E-state index contributed by atoms with van der Waals surface area (Å²) in [6.45, 7) is 8.33. The summed E-state index contributed by atoms with van der Waals surface area (Å²) in [4.78, 5) is 16.8. The maximum atomic E-state index is 12.4. The maximum Gasteiger partial charge on any atom is 0.251 e. The molecule has 1 aromatic carbocycles. The molecule has 128 valence electrons. The Morgan fingerprint density at radius 2 is 1.88 bits per heavy atom. The number of hydrogen-bond donors (Lipinski definition) is 1. The van der Waals surface area contributed by atoms with Crippen molar-refractivity contribution in [2.45, 2.75) is 34.2 Å². The van der Waals surface area contributed by atoms with E-state index in [9.17, 15) is 4.79 Å². The largest absolute Gasteiger partial charge is 0.348 e. The van der Waals surface area contributed by atoms with Crippen molar-refractivity contribution in [2.24, 2.45) is 0 Å². The van der Waals surface area contributed by atoms with Crippen LogP contribution in [0.3, 0.4) is 0 Å². The molecule has 3 aromatic rings. The monoisotopic (exact) mass is 334 g/mol. The number of pyridine rings is 1. The van der Waals surface area contributed by atoms with E-state index in [0.29, 0.717) is 12.1 Å². The predicted octanol–water partition coefficient (Wildman–Crippen LogP) is 3.43. The lowest BCUT2D eigenvalue weighted by Crippen LogP contribution is -2.23. The molecule has 5 nitrogen and oxygen atoms in total. The number of nitrogens with one attached hydrogen (secondary N) is 1. The average Bonchev–Trinajstić information content (AvgIpc) is 2.93. The number of aryl methyl sites for hydroxylation is 4. The van der Waals surface area contributed by atoms with E-state index in [2.05, 4.69) is 15.4 Å². The molecular weight excluding hydrogens is 312 g/mol. The molecule has 0 saturated heterocycles. The number of carbonyl (C=O) groups is 1.